The van der Waals surface area contributed by atoms with Crippen LogP contribution in [0.5, 0.6) is 0 Å². The van der Waals surface area contributed by atoms with Gasteiger partial charge < -0.3 is 10.3 Å². The fourth-order valence-electron chi connectivity index (χ4n) is 1.32. The second-order valence-electron chi connectivity index (χ2n) is 3.12. The maximum Gasteiger partial charge on any atom is 0.157 e. The van der Waals surface area contributed by atoms with Gasteiger partial charge in [0.05, 0.1) is 11.2 Å². The first-order valence-corrected chi connectivity index (χ1v) is 4.98. The Morgan fingerprint density at radius 2 is 2.33 bits per heavy atom. The highest BCUT2D eigenvalue weighted by molar-refractivity contribution is 6.32. The molecule has 4 nitrogen and oxygen atoms in total. The van der Waals surface area contributed by atoms with Crippen LogP contribution in [0.25, 0.3) is 11.5 Å². The maximum atomic E-state index is 6.01. The summed E-state index contributed by atoms with van der Waals surface area (Å²) in [4.78, 5) is 11.5. The van der Waals surface area contributed by atoms with Crippen molar-refractivity contribution in [2.24, 2.45) is 0 Å². The molecule has 15 heavy (non-hydrogen) atoms. The van der Waals surface area contributed by atoms with E-state index in [0.29, 0.717) is 16.5 Å². The van der Waals surface area contributed by atoms with E-state index in [1.165, 1.54) is 0 Å². The smallest absolute Gasteiger partial charge is 0.157 e. The van der Waals surface area contributed by atoms with Gasteiger partial charge in [-0.25, -0.2) is 4.98 Å². The number of rotatable bonds is 3. The Hall–Kier alpha value is -1.39. The van der Waals surface area contributed by atoms with Gasteiger partial charge in [-0.15, -0.1) is 0 Å². The number of aromatic nitrogens is 3. The number of aromatic amines is 1. The summed E-state index contributed by atoms with van der Waals surface area (Å²) in [7, 11) is 1.88. The second-order valence-corrected chi connectivity index (χ2v) is 3.53. The highest BCUT2D eigenvalue weighted by Crippen LogP contribution is 2.21. The SMILES string of the molecule is CNCc1cnc(-c2ncccc2Cl)[nH]1. The Labute approximate surface area is 92.7 Å². The van der Waals surface area contributed by atoms with Crippen molar-refractivity contribution in [2.75, 3.05) is 7.05 Å². The van der Waals surface area contributed by atoms with Crippen LogP contribution in [0, 0.1) is 0 Å². The van der Waals surface area contributed by atoms with Crippen LogP contribution in [0.2, 0.25) is 5.02 Å². The lowest BCUT2D eigenvalue weighted by molar-refractivity contribution is 0.797. The van der Waals surface area contributed by atoms with E-state index in [9.17, 15) is 0 Å². The van der Waals surface area contributed by atoms with E-state index in [2.05, 4.69) is 20.3 Å². The second kappa shape index (κ2) is 4.42. The number of hydrogen-bond donors (Lipinski definition) is 2. The first kappa shape index (κ1) is 10.1. The molecule has 0 aromatic carbocycles. The van der Waals surface area contributed by atoms with Crippen LogP contribution >= 0.6 is 11.6 Å². The highest BCUT2D eigenvalue weighted by Gasteiger charge is 2.07. The Morgan fingerprint density at radius 1 is 1.47 bits per heavy atom. The third kappa shape index (κ3) is 2.16. The number of hydrogen-bond acceptors (Lipinski definition) is 3. The molecular formula is C10H11ClN4. The number of imidazole rings is 1. The molecule has 2 aromatic rings. The van der Waals surface area contributed by atoms with Crippen LogP contribution in [-0.2, 0) is 6.54 Å². The summed E-state index contributed by atoms with van der Waals surface area (Å²) in [6, 6.07) is 3.59. The van der Waals surface area contributed by atoms with Gasteiger partial charge in [0.15, 0.2) is 5.82 Å². The normalized spacial score (nSPS) is 10.5. The number of nitrogens with one attached hydrogen (secondary N) is 2. The summed E-state index contributed by atoms with van der Waals surface area (Å²) in [6.07, 6.45) is 3.47. The summed E-state index contributed by atoms with van der Waals surface area (Å²) in [5.74, 6) is 0.700. The Morgan fingerprint density at radius 3 is 3.07 bits per heavy atom. The van der Waals surface area contributed by atoms with Crippen molar-refractivity contribution < 1.29 is 0 Å². The number of nitrogens with zero attached hydrogens (tertiary/aromatic N) is 2. The first-order chi connectivity index (χ1) is 7.31. The van der Waals surface area contributed by atoms with Crippen LogP contribution < -0.4 is 5.32 Å². The third-order valence-corrected chi connectivity index (χ3v) is 2.28. The minimum atomic E-state index is 0.600. The molecule has 0 amide bonds. The zero-order chi connectivity index (χ0) is 10.7. The standard InChI is InChI=1S/C10H11ClN4/c1-12-5-7-6-14-10(15-7)9-8(11)3-2-4-13-9/h2-4,6,12H,5H2,1H3,(H,14,15). The molecule has 0 aliphatic carbocycles. The molecule has 78 valence electrons. The van der Waals surface area contributed by atoms with Gasteiger partial charge >= 0.3 is 0 Å². The zero-order valence-corrected chi connectivity index (χ0v) is 9.04. The van der Waals surface area contributed by atoms with Gasteiger partial charge in [-0.05, 0) is 19.2 Å². The molecular weight excluding hydrogens is 212 g/mol. The van der Waals surface area contributed by atoms with Crippen LogP contribution in [0.15, 0.2) is 24.5 Å². The van der Waals surface area contributed by atoms with E-state index < -0.39 is 0 Å². The summed E-state index contributed by atoms with van der Waals surface area (Å²) in [6.45, 7) is 0.747. The molecule has 2 rings (SSSR count). The van der Waals surface area contributed by atoms with Gasteiger partial charge in [-0.3, -0.25) is 4.98 Å². The van der Waals surface area contributed by atoms with E-state index in [1.54, 1.807) is 24.5 Å². The van der Waals surface area contributed by atoms with Gasteiger partial charge in [0.25, 0.3) is 0 Å². The Kier molecular flexibility index (Phi) is 2.99. The molecule has 0 unspecified atom stereocenters. The molecule has 0 bridgehead atoms. The van der Waals surface area contributed by atoms with Crippen molar-refractivity contribution in [1.29, 1.82) is 0 Å². The minimum absolute atomic E-state index is 0.600. The van der Waals surface area contributed by atoms with Crippen LogP contribution in [0.1, 0.15) is 5.69 Å². The van der Waals surface area contributed by atoms with Gasteiger partial charge in [0, 0.05) is 18.4 Å². The lowest BCUT2D eigenvalue weighted by Crippen LogP contribution is -2.04. The van der Waals surface area contributed by atoms with Crippen LogP contribution in [0.3, 0.4) is 0 Å². The minimum Gasteiger partial charge on any atom is -0.339 e. The molecule has 0 atom stereocenters. The third-order valence-electron chi connectivity index (χ3n) is 1.98. The van der Waals surface area contributed by atoms with E-state index in [0.717, 1.165) is 12.2 Å². The van der Waals surface area contributed by atoms with Crippen LogP contribution in [-0.4, -0.2) is 22.0 Å². The first-order valence-electron chi connectivity index (χ1n) is 4.60. The molecule has 0 aliphatic heterocycles. The van der Waals surface area contributed by atoms with E-state index in [1.807, 2.05) is 7.05 Å². The van der Waals surface area contributed by atoms with Crippen molar-refractivity contribution in [1.82, 2.24) is 20.3 Å². The van der Waals surface area contributed by atoms with Crippen molar-refractivity contribution in [3.63, 3.8) is 0 Å². The van der Waals surface area contributed by atoms with E-state index >= 15 is 0 Å². The number of halogens is 1. The molecule has 2 heterocycles. The van der Waals surface area contributed by atoms with E-state index in [-0.39, 0.29) is 0 Å². The number of H-pyrrole nitrogens is 1. The van der Waals surface area contributed by atoms with Crippen molar-refractivity contribution in [2.45, 2.75) is 6.54 Å². The largest absolute Gasteiger partial charge is 0.339 e. The average molecular weight is 223 g/mol. The molecule has 0 fully saturated rings. The highest BCUT2D eigenvalue weighted by atomic mass is 35.5. The van der Waals surface area contributed by atoms with Gasteiger partial charge in [-0.2, -0.15) is 0 Å². The lowest BCUT2D eigenvalue weighted by Gasteiger charge is -1.98. The molecule has 0 radical (unpaired) electrons. The van der Waals surface area contributed by atoms with Crippen molar-refractivity contribution >= 4 is 11.6 Å². The molecule has 2 N–H and O–H groups in total. The van der Waals surface area contributed by atoms with Crippen LogP contribution in [0.4, 0.5) is 0 Å². The molecule has 5 heteroatoms. The summed E-state index contributed by atoms with van der Waals surface area (Å²) >= 11 is 6.01. The van der Waals surface area contributed by atoms with E-state index in [4.69, 9.17) is 11.6 Å². The summed E-state index contributed by atoms with van der Waals surface area (Å²) in [5.41, 5.74) is 1.69. The fraction of sp³-hybridized carbons (Fsp3) is 0.200. The summed E-state index contributed by atoms with van der Waals surface area (Å²) in [5, 5.41) is 3.64. The van der Waals surface area contributed by atoms with Crippen molar-refractivity contribution in [3.8, 4) is 11.5 Å². The van der Waals surface area contributed by atoms with Gasteiger partial charge in [0.1, 0.15) is 5.69 Å². The van der Waals surface area contributed by atoms with Gasteiger partial charge in [0.2, 0.25) is 0 Å². The molecule has 0 spiro atoms. The molecule has 0 aliphatic rings. The quantitative estimate of drug-likeness (QED) is 0.834. The van der Waals surface area contributed by atoms with Gasteiger partial charge in [-0.1, -0.05) is 11.6 Å². The topological polar surface area (TPSA) is 53.6 Å². The lowest BCUT2D eigenvalue weighted by atomic mass is 10.3. The maximum absolute atomic E-state index is 6.01. The monoisotopic (exact) mass is 222 g/mol. The molecule has 0 saturated heterocycles. The number of pyridine rings is 1. The molecule has 2 aromatic heterocycles. The predicted molar refractivity (Wildman–Crippen MR) is 59.6 cm³/mol. The zero-order valence-electron chi connectivity index (χ0n) is 8.29. The Bertz CT molecular complexity index is 452. The fourth-order valence-corrected chi connectivity index (χ4v) is 1.53. The predicted octanol–water partition coefficient (Wildman–Crippen LogP) is 1.84. The Balaban J connectivity index is 2.33. The summed E-state index contributed by atoms with van der Waals surface area (Å²) < 4.78 is 0. The molecule has 0 saturated carbocycles. The average Bonchev–Trinajstić information content (AvgIpc) is 2.68. The van der Waals surface area contributed by atoms with Crippen molar-refractivity contribution in [3.05, 3.63) is 35.2 Å².